The van der Waals surface area contributed by atoms with Crippen LogP contribution in [-0.2, 0) is 9.59 Å². The number of allylic oxidation sites excluding steroid dienone is 1. The minimum atomic E-state index is -0.726. The average molecular weight is 313 g/mol. The van der Waals surface area contributed by atoms with Crippen molar-refractivity contribution in [3.8, 4) is 0 Å². The third-order valence-electron chi connectivity index (χ3n) is 3.66. The average Bonchev–Trinajstić information content (AvgIpc) is 3.27. The quantitative estimate of drug-likeness (QED) is 0.858. The van der Waals surface area contributed by atoms with Gasteiger partial charge in [-0.1, -0.05) is 0 Å². The second-order valence-corrected chi connectivity index (χ2v) is 4.98. The first kappa shape index (κ1) is 14.9. The van der Waals surface area contributed by atoms with E-state index < -0.39 is 23.5 Å². The highest BCUT2D eigenvalue weighted by atomic mass is 16.3. The zero-order chi connectivity index (χ0) is 16.4. The second kappa shape index (κ2) is 6.00. The summed E-state index contributed by atoms with van der Waals surface area (Å²) < 4.78 is 10.5. The number of amides is 1. The van der Waals surface area contributed by atoms with Gasteiger partial charge >= 0.3 is 0 Å². The summed E-state index contributed by atoms with van der Waals surface area (Å²) in [5, 5.41) is 10.1. The van der Waals surface area contributed by atoms with Crippen molar-refractivity contribution in [2.45, 2.75) is 13.0 Å². The van der Waals surface area contributed by atoms with E-state index >= 15 is 0 Å². The van der Waals surface area contributed by atoms with Crippen molar-refractivity contribution >= 4 is 17.8 Å². The fraction of sp³-hybridized carbons (Fsp3) is 0.176. The minimum absolute atomic E-state index is 0.00889. The van der Waals surface area contributed by atoms with Crippen LogP contribution in [-0.4, -0.2) is 28.2 Å². The Morgan fingerprint density at radius 3 is 2.65 bits per heavy atom. The Bertz CT molecular complexity index is 768. The van der Waals surface area contributed by atoms with Crippen LogP contribution in [0.5, 0.6) is 0 Å². The third kappa shape index (κ3) is 2.59. The number of rotatable bonds is 5. The number of hydrogen-bond acceptors (Lipinski definition) is 5. The molecule has 1 atom stereocenters. The number of likely N-dealkylation sites (N-methyl/N-ethyl adjacent to an activating group) is 1. The predicted molar refractivity (Wildman–Crippen MR) is 81.2 cm³/mol. The molecule has 118 valence electrons. The SMILES string of the molecule is CCN1C(=O)C(O)=C(C(=O)/C=C/c2ccco2)C1c1ccco1. The van der Waals surface area contributed by atoms with E-state index in [0.29, 0.717) is 18.1 Å². The van der Waals surface area contributed by atoms with Crippen LogP contribution in [0.25, 0.3) is 6.08 Å². The first-order valence-electron chi connectivity index (χ1n) is 7.17. The van der Waals surface area contributed by atoms with Crippen LogP contribution < -0.4 is 0 Å². The lowest BCUT2D eigenvalue weighted by Gasteiger charge is -2.22. The van der Waals surface area contributed by atoms with Gasteiger partial charge in [0.15, 0.2) is 11.5 Å². The van der Waals surface area contributed by atoms with E-state index in [9.17, 15) is 14.7 Å². The van der Waals surface area contributed by atoms with Crippen molar-refractivity contribution in [3.05, 3.63) is 65.7 Å². The zero-order valence-electron chi connectivity index (χ0n) is 12.4. The molecule has 1 amide bonds. The number of furan rings is 2. The lowest BCUT2D eigenvalue weighted by atomic mass is 10.0. The molecule has 6 nitrogen and oxygen atoms in total. The molecule has 6 heteroatoms. The number of aliphatic hydroxyl groups is 1. The molecule has 0 bridgehead atoms. The van der Waals surface area contributed by atoms with Gasteiger partial charge in [-0.3, -0.25) is 9.59 Å². The number of aliphatic hydroxyl groups excluding tert-OH is 1. The molecule has 1 N–H and O–H groups in total. The summed E-state index contributed by atoms with van der Waals surface area (Å²) in [5.74, 6) is -0.653. The smallest absolute Gasteiger partial charge is 0.290 e. The van der Waals surface area contributed by atoms with Crippen molar-refractivity contribution in [1.82, 2.24) is 4.90 Å². The van der Waals surface area contributed by atoms with Crippen LogP contribution in [0.1, 0.15) is 24.5 Å². The second-order valence-electron chi connectivity index (χ2n) is 4.98. The van der Waals surface area contributed by atoms with Crippen LogP contribution in [0.3, 0.4) is 0 Å². The third-order valence-corrected chi connectivity index (χ3v) is 3.66. The van der Waals surface area contributed by atoms with Gasteiger partial charge in [-0.05, 0) is 43.3 Å². The van der Waals surface area contributed by atoms with Crippen LogP contribution in [0.4, 0.5) is 0 Å². The highest BCUT2D eigenvalue weighted by Gasteiger charge is 2.43. The molecule has 1 aliphatic heterocycles. The molecule has 1 unspecified atom stereocenters. The molecular weight excluding hydrogens is 298 g/mol. The molecule has 0 aliphatic carbocycles. The monoisotopic (exact) mass is 313 g/mol. The van der Waals surface area contributed by atoms with E-state index in [2.05, 4.69) is 0 Å². The van der Waals surface area contributed by atoms with Gasteiger partial charge in [0.05, 0.1) is 18.1 Å². The summed E-state index contributed by atoms with van der Waals surface area (Å²) in [5.41, 5.74) is 0.00889. The molecule has 0 aromatic carbocycles. The molecule has 2 aromatic rings. The number of ketones is 1. The van der Waals surface area contributed by atoms with Gasteiger partial charge in [0.2, 0.25) is 0 Å². The standard InChI is InChI=1S/C17H15NO5/c1-2-18-15(13-6-4-10-23-13)14(16(20)17(18)21)12(19)8-7-11-5-3-9-22-11/h3-10,15,20H,2H2,1H3/b8-7+. The van der Waals surface area contributed by atoms with E-state index in [1.807, 2.05) is 0 Å². The van der Waals surface area contributed by atoms with Crippen molar-refractivity contribution in [2.24, 2.45) is 0 Å². The molecule has 2 aromatic heterocycles. The Hall–Kier alpha value is -3.02. The number of hydrogen-bond donors (Lipinski definition) is 1. The van der Waals surface area contributed by atoms with E-state index in [0.717, 1.165) is 0 Å². The van der Waals surface area contributed by atoms with Crippen molar-refractivity contribution in [1.29, 1.82) is 0 Å². The first-order valence-corrected chi connectivity index (χ1v) is 7.17. The molecule has 3 heterocycles. The van der Waals surface area contributed by atoms with E-state index in [1.54, 1.807) is 31.2 Å². The van der Waals surface area contributed by atoms with Crippen LogP contribution in [0.2, 0.25) is 0 Å². The summed E-state index contributed by atoms with van der Waals surface area (Å²) >= 11 is 0. The molecule has 23 heavy (non-hydrogen) atoms. The lowest BCUT2D eigenvalue weighted by Crippen LogP contribution is -2.30. The Morgan fingerprint density at radius 1 is 1.30 bits per heavy atom. The number of carbonyl (C=O) groups is 2. The molecule has 0 radical (unpaired) electrons. The maximum absolute atomic E-state index is 12.5. The van der Waals surface area contributed by atoms with Crippen LogP contribution in [0, 0.1) is 0 Å². The highest BCUT2D eigenvalue weighted by Crippen LogP contribution is 2.37. The van der Waals surface area contributed by atoms with Crippen LogP contribution in [0.15, 0.2) is 63.0 Å². The number of nitrogens with zero attached hydrogens (tertiary/aromatic N) is 1. The van der Waals surface area contributed by atoms with Gasteiger partial charge in [0.1, 0.15) is 17.6 Å². The molecule has 1 aliphatic rings. The van der Waals surface area contributed by atoms with E-state index in [1.165, 1.54) is 29.6 Å². The predicted octanol–water partition coefficient (Wildman–Crippen LogP) is 2.87. The van der Waals surface area contributed by atoms with Gasteiger partial charge in [-0.15, -0.1) is 0 Å². The summed E-state index contributed by atoms with van der Waals surface area (Å²) in [6.45, 7) is 2.11. The summed E-state index contributed by atoms with van der Waals surface area (Å²) in [7, 11) is 0. The summed E-state index contributed by atoms with van der Waals surface area (Å²) in [4.78, 5) is 26.1. The summed E-state index contributed by atoms with van der Waals surface area (Å²) in [6.07, 6.45) is 5.71. The molecule has 0 spiro atoms. The molecule has 0 fully saturated rings. The Kier molecular flexibility index (Phi) is 3.89. The molecule has 3 rings (SSSR count). The van der Waals surface area contributed by atoms with Gasteiger partial charge in [0.25, 0.3) is 5.91 Å². The number of carbonyl (C=O) groups excluding carboxylic acids is 2. The van der Waals surface area contributed by atoms with Gasteiger partial charge in [-0.2, -0.15) is 0 Å². The molecule has 0 saturated carbocycles. The van der Waals surface area contributed by atoms with Gasteiger partial charge in [-0.25, -0.2) is 0 Å². The minimum Gasteiger partial charge on any atom is -0.503 e. The topological polar surface area (TPSA) is 83.9 Å². The highest BCUT2D eigenvalue weighted by molar-refractivity contribution is 6.14. The van der Waals surface area contributed by atoms with E-state index in [4.69, 9.17) is 8.83 Å². The Balaban J connectivity index is 1.96. The van der Waals surface area contributed by atoms with Crippen molar-refractivity contribution in [2.75, 3.05) is 6.54 Å². The lowest BCUT2D eigenvalue weighted by molar-refractivity contribution is -0.129. The largest absolute Gasteiger partial charge is 0.503 e. The van der Waals surface area contributed by atoms with Crippen molar-refractivity contribution < 1.29 is 23.5 Å². The fourth-order valence-electron chi connectivity index (χ4n) is 2.61. The zero-order valence-corrected chi connectivity index (χ0v) is 12.4. The van der Waals surface area contributed by atoms with Gasteiger partial charge in [0, 0.05) is 6.54 Å². The van der Waals surface area contributed by atoms with Gasteiger partial charge < -0.3 is 18.8 Å². The summed E-state index contributed by atoms with van der Waals surface area (Å²) in [6, 6.07) is 6.01. The Morgan fingerprint density at radius 2 is 2.04 bits per heavy atom. The van der Waals surface area contributed by atoms with Crippen molar-refractivity contribution in [3.63, 3.8) is 0 Å². The van der Waals surface area contributed by atoms with Crippen LogP contribution >= 0.6 is 0 Å². The van der Waals surface area contributed by atoms with E-state index in [-0.39, 0.29) is 5.57 Å². The maximum Gasteiger partial charge on any atom is 0.290 e. The maximum atomic E-state index is 12.5. The Labute approximate surface area is 132 Å². The molecular formula is C17H15NO5. The first-order chi connectivity index (χ1) is 11.1. The molecule has 0 saturated heterocycles. The normalized spacial score (nSPS) is 18.4. The fourth-order valence-corrected chi connectivity index (χ4v) is 2.61.